The minimum atomic E-state index is 0.326. The molecular weight excluding hydrogens is 212 g/mol. The van der Waals surface area contributed by atoms with E-state index in [0.29, 0.717) is 19.1 Å². The molecule has 0 amide bonds. The average molecular weight is 240 g/mol. The highest BCUT2D eigenvalue weighted by Gasteiger charge is 2.27. The summed E-state index contributed by atoms with van der Waals surface area (Å²) >= 11 is 0. The van der Waals surface area contributed by atoms with E-state index in [0.717, 1.165) is 31.1 Å². The summed E-state index contributed by atoms with van der Waals surface area (Å²) in [5, 5.41) is 17.8. The first-order valence-corrected chi connectivity index (χ1v) is 7.16. The molecule has 1 aliphatic carbocycles. The predicted molar refractivity (Wildman–Crippen MR) is 71.8 cm³/mol. The van der Waals surface area contributed by atoms with Crippen LogP contribution in [-0.2, 0) is 0 Å². The Kier molecular flexibility index (Phi) is 7.54. The molecule has 0 heterocycles. The van der Waals surface area contributed by atoms with Crippen molar-refractivity contribution in [1.82, 2.24) is 0 Å². The molecule has 0 aromatic rings. The maximum atomic E-state index is 8.94. The van der Waals surface area contributed by atoms with Gasteiger partial charge in [-0.3, -0.25) is 0 Å². The number of allylic oxidation sites excluding steroid dienone is 2. The van der Waals surface area contributed by atoms with Gasteiger partial charge >= 0.3 is 0 Å². The number of hydrogen-bond donors (Lipinski definition) is 2. The lowest BCUT2D eigenvalue weighted by Crippen LogP contribution is -2.24. The summed E-state index contributed by atoms with van der Waals surface area (Å²) in [5.41, 5.74) is 0. The summed E-state index contributed by atoms with van der Waals surface area (Å²) in [7, 11) is 0. The van der Waals surface area contributed by atoms with Gasteiger partial charge in [0.2, 0.25) is 0 Å². The van der Waals surface area contributed by atoms with Crippen LogP contribution >= 0.6 is 0 Å². The van der Waals surface area contributed by atoms with Gasteiger partial charge in [0.1, 0.15) is 0 Å². The molecule has 3 atom stereocenters. The van der Waals surface area contributed by atoms with Crippen molar-refractivity contribution >= 4 is 0 Å². The standard InChI is InChI=1S/C15H28O2/c1-2-5-15-12-13(6-3-10-16)8-9-14(15)7-4-11-17/h2,5,13-17H,3-4,6-12H2,1H3. The van der Waals surface area contributed by atoms with Gasteiger partial charge in [-0.2, -0.15) is 0 Å². The molecule has 0 spiro atoms. The fourth-order valence-corrected chi connectivity index (χ4v) is 3.20. The third kappa shape index (κ3) is 5.22. The summed E-state index contributed by atoms with van der Waals surface area (Å²) in [6.07, 6.45) is 12.7. The van der Waals surface area contributed by atoms with E-state index in [9.17, 15) is 0 Å². The van der Waals surface area contributed by atoms with E-state index in [1.54, 1.807) is 0 Å². The van der Waals surface area contributed by atoms with Gasteiger partial charge in [0.25, 0.3) is 0 Å². The third-order valence-electron chi connectivity index (χ3n) is 4.10. The van der Waals surface area contributed by atoms with Crippen molar-refractivity contribution in [2.24, 2.45) is 17.8 Å². The van der Waals surface area contributed by atoms with Crippen LogP contribution in [-0.4, -0.2) is 23.4 Å². The van der Waals surface area contributed by atoms with Gasteiger partial charge in [0.15, 0.2) is 0 Å². The first-order valence-electron chi connectivity index (χ1n) is 7.16. The Morgan fingerprint density at radius 1 is 1.06 bits per heavy atom. The lowest BCUT2D eigenvalue weighted by molar-refractivity contribution is 0.172. The van der Waals surface area contributed by atoms with Crippen molar-refractivity contribution in [2.45, 2.75) is 51.9 Å². The normalized spacial score (nSPS) is 29.9. The van der Waals surface area contributed by atoms with Crippen molar-refractivity contribution in [2.75, 3.05) is 13.2 Å². The summed E-state index contributed by atoms with van der Waals surface area (Å²) in [5.74, 6) is 2.27. The zero-order valence-electron chi connectivity index (χ0n) is 11.1. The quantitative estimate of drug-likeness (QED) is 0.671. The van der Waals surface area contributed by atoms with E-state index in [1.807, 2.05) is 0 Å². The molecule has 1 rings (SSSR count). The Bertz CT molecular complexity index is 213. The second kappa shape index (κ2) is 8.71. The fourth-order valence-electron chi connectivity index (χ4n) is 3.20. The minimum absolute atomic E-state index is 0.326. The number of rotatable bonds is 7. The van der Waals surface area contributed by atoms with Crippen LogP contribution in [0.15, 0.2) is 12.2 Å². The van der Waals surface area contributed by atoms with Gasteiger partial charge in [0, 0.05) is 13.2 Å². The van der Waals surface area contributed by atoms with Gasteiger partial charge in [-0.05, 0) is 63.2 Å². The Hall–Kier alpha value is -0.340. The van der Waals surface area contributed by atoms with E-state index in [2.05, 4.69) is 19.1 Å². The molecule has 1 saturated carbocycles. The van der Waals surface area contributed by atoms with Crippen LogP contribution in [0.5, 0.6) is 0 Å². The van der Waals surface area contributed by atoms with E-state index >= 15 is 0 Å². The molecule has 1 aliphatic rings. The van der Waals surface area contributed by atoms with Crippen LogP contribution in [0.3, 0.4) is 0 Å². The molecule has 0 radical (unpaired) electrons. The summed E-state index contributed by atoms with van der Waals surface area (Å²) in [4.78, 5) is 0. The number of aliphatic hydroxyl groups is 2. The Balaban J connectivity index is 2.42. The average Bonchev–Trinajstić information content (AvgIpc) is 2.35. The minimum Gasteiger partial charge on any atom is -0.396 e. The lowest BCUT2D eigenvalue weighted by atomic mass is 9.71. The predicted octanol–water partition coefficient (Wildman–Crippen LogP) is 3.14. The summed E-state index contributed by atoms with van der Waals surface area (Å²) < 4.78 is 0. The van der Waals surface area contributed by atoms with Crippen LogP contribution in [0.1, 0.15) is 51.9 Å². The zero-order chi connectivity index (χ0) is 12.5. The lowest BCUT2D eigenvalue weighted by Gasteiger charge is -2.35. The van der Waals surface area contributed by atoms with Gasteiger partial charge in [-0.15, -0.1) is 0 Å². The van der Waals surface area contributed by atoms with E-state index in [-0.39, 0.29) is 0 Å². The second-order valence-electron chi connectivity index (χ2n) is 5.36. The van der Waals surface area contributed by atoms with Crippen LogP contribution in [0.2, 0.25) is 0 Å². The number of aliphatic hydroxyl groups excluding tert-OH is 2. The van der Waals surface area contributed by atoms with E-state index < -0.39 is 0 Å². The maximum Gasteiger partial charge on any atom is 0.0431 e. The van der Waals surface area contributed by atoms with Crippen LogP contribution in [0, 0.1) is 17.8 Å². The molecule has 2 heteroatoms. The highest BCUT2D eigenvalue weighted by molar-refractivity contribution is 4.93. The van der Waals surface area contributed by atoms with E-state index in [1.165, 1.54) is 25.7 Å². The summed E-state index contributed by atoms with van der Waals surface area (Å²) in [6, 6.07) is 0. The Morgan fingerprint density at radius 2 is 1.76 bits per heavy atom. The van der Waals surface area contributed by atoms with Crippen LogP contribution in [0.4, 0.5) is 0 Å². The molecule has 0 aromatic heterocycles. The number of hydrogen-bond acceptors (Lipinski definition) is 2. The zero-order valence-corrected chi connectivity index (χ0v) is 11.1. The summed E-state index contributed by atoms with van der Waals surface area (Å²) in [6.45, 7) is 2.76. The van der Waals surface area contributed by atoms with Gasteiger partial charge in [0.05, 0.1) is 0 Å². The molecule has 1 fully saturated rings. The highest BCUT2D eigenvalue weighted by atomic mass is 16.3. The van der Waals surface area contributed by atoms with Crippen molar-refractivity contribution in [3.8, 4) is 0 Å². The molecule has 2 nitrogen and oxygen atoms in total. The monoisotopic (exact) mass is 240 g/mol. The fraction of sp³-hybridized carbons (Fsp3) is 0.867. The molecule has 3 unspecified atom stereocenters. The van der Waals surface area contributed by atoms with Gasteiger partial charge in [-0.1, -0.05) is 18.6 Å². The van der Waals surface area contributed by atoms with Crippen molar-refractivity contribution in [1.29, 1.82) is 0 Å². The molecular formula is C15H28O2. The molecule has 100 valence electrons. The first kappa shape index (κ1) is 14.7. The van der Waals surface area contributed by atoms with Gasteiger partial charge < -0.3 is 10.2 Å². The Labute approximate surface area is 106 Å². The smallest absolute Gasteiger partial charge is 0.0431 e. The molecule has 0 saturated heterocycles. The molecule has 0 aromatic carbocycles. The largest absolute Gasteiger partial charge is 0.396 e. The van der Waals surface area contributed by atoms with Crippen molar-refractivity contribution < 1.29 is 10.2 Å². The SMILES string of the molecule is CC=CC1CC(CCCO)CCC1CCCO. The highest BCUT2D eigenvalue weighted by Crippen LogP contribution is 2.39. The molecule has 17 heavy (non-hydrogen) atoms. The molecule has 0 bridgehead atoms. The van der Waals surface area contributed by atoms with E-state index in [4.69, 9.17) is 10.2 Å². The van der Waals surface area contributed by atoms with Crippen LogP contribution in [0.25, 0.3) is 0 Å². The first-order chi connectivity index (χ1) is 8.31. The van der Waals surface area contributed by atoms with Crippen LogP contribution < -0.4 is 0 Å². The maximum absolute atomic E-state index is 8.94. The topological polar surface area (TPSA) is 40.5 Å². The second-order valence-corrected chi connectivity index (χ2v) is 5.36. The van der Waals surface area contributed by atoms with Crippen molar-refractivity contribution in [3.05, 3.63) is 12.2 Å². The Morgan fingerprint density at radius 3 is 2.41 bits per heavy atom. The molecule has 0 aliphatic heterocycles. The van der Waals surface area contributed by atoms with Crippen molar-refractivity contribution in [3.63, 3.8) is 0 Å². The molecule has 2 N–H and O–H groups in total. The third-order valence-corrected chi connectivity index (χ3v) is 4.10. The van der Waals surface area contributed by atoms with Gasteiger partial charge in [-0.25, -0.2) is 0 Å².